The average molecular weight is 357 g/mol. The Labute approximate surface area is 146 Å². The summed E-state index contributed by atoms with van der Waals surface area (Å²) in [5.41, 5.74) is 2.86. The largest absolute Gasteiger partial charge is 0.243 e. The van der Waals surface area contributed by atoms with E-state index in [-0.39, 0.29) is 0 Å². The summed E-state index contributed by atoms with van der Waals surface area (Å²) in [5.74, 6) is 0.689. The van der Waals surface area contributed by atoms with Gasteiger partial charge in [0.05, 0.1) is 10.6 Å². The number of aryl methyl sites for hydroxylation is 2. The SMILES string of the molecule is Cc1ccc(-c2ccc3nnc(C)n3n2)cc1S(=O)(=O)N1CCCC1. The molecule has 25 heavy (non-hydrogen) atoms. The van der Waals surface area contributed by atoms with Gasteiger partial charge in [0.25, 0.3) is 0 Å². The van der Waals surface area contributed by atoms with Crippen LogP contribution in [0.15, 0.2) is 35.2 Å². The van der Waals surface area contributed by atoms with Crippen molar-refractivity contribution in [2.45, 2.75) is 31.6 Å². The molecule has 0 atom stereocenters. The number of aromatic nitrogens is 4. The number of hydrogen-bond donors (Lipinski definition) is 0. The lowest BCUT2D eigenvalue weighted by Gasteiger charge is -2.17. The van der Waals surface area contributed by atoms with Gasteiger partial charge in [0.1, 0.15) is 0 Å². The maximum absolute atomic E-state index is 12.9. The zero-order valence-electron chi connectivity index (χ0n) is 14.2. The van der Waals surface area contributed by atoms with E-state index in [1.807, 2.05) is 38.1 Å². The third kappa shape index (κ3) is 2.71. The van der Waals surface area contributed by atoms with Crippen LogP contribution in [0, 0.1) is 13.8 Å². The molecule has 1 aliphatic heterocycles. The van der Waals surface area contributed by atoms with Gasteiger partial charge in [-0.15, -0.1) is 10.2 Å². The van der Waals surface area contributed by atoms with Gasteiger partial charge in [0.2, 0.25) is 10.0 Å². The predicted molar refractivity (Wildman–Crippen MR) is 93.7 cm³/mol. The molecule has 7 nitrogen and oxygen atoms in total. The number of fused-ring (bicyclic) bond motifs is 1. The molecule has 0 amide bonds. The molecule has 1 aromatic carbocycles. The molecule has 1 saturated heterocycles. The molecule has 0 radical (unpaired) electrons. The van der Waals surface area contributed by atoms with E-state index < -0.39 is 10.0 Å². The zero-order chi connectivity index (χ0) is 17.6. The summed E-state index contributed by atoms with van der Waals surface area (Å²) >= 11 is 0. The van der Waals surface area contributed by atoms with E-state index >= 15 is 0 Å². The highest BCUT2D eigenvalue weighted by molar-refractivity contribution is 7.89. The number of nitrogens with zero attached hydrogens (tertiary/aromatic N) is 5. The second-order valence-electron chi connectivity index (χ2n) is 6.33. The van der Waals surface area contributed by atoms with Crippen LogP contribution in [0.1, 0.15) is 24.2 Å². The Bertz CT molecular complexity index is 1050. The summed E-state index contributed by atoms with van der Waals surface area (Å²) < 4.78 is 29.1. The second kappa shape index (κ2) is 5.89. The van der Waals surface area contributed by atoms with Crippen molar-refractivity contribution in [3.05, 3.63) is 41.7 Å². The van der Waals surface area contributed by atoms with Gasteiger partial charge in [-0.3, -0.25) is 0 Å². The molecule has 0 aliphatic carbocycles. The summed E-state index contributed by atoms with van der Waals surface area (Å²) in [5, 5.41) is 12.6. The zero-order valence-corrected chi connectivity index (χ0v) is 15.0. The summed E-state index contributed by atoms with van der Waals surface area (Å²) in [7, 11) is -3.47. The van der Waals surface area contributed by atoms with Crippen molar-refractivity contribution < 1.29 is 8.42 Å². The monoisotopic (exact) mass is 357 g/mol. The lowest BCUT2D eigenvalue weighted by molar-refractivity contribution is 0.477. The Morgan fingerprint density at radius 3 is 2.52 bits per heavy atom. The quantitative estimate of drug-likeness (QED) is 0.718. The molecule has 2 aromatic heterocycles. The first-order valence-electron chi connectivity index (χ1n) is 8.27. The molecular formula is C17H19N5O2S. The van der Waals surface area contributed by atoms with Crippen molar-refractivity contribution in [1.82, 2.24) is 24.1 Å². The minimum Gasteiger partial charge on any atom is -0.207 e. The third-order valence-electron chi connectivity index (χ3n) is 4.59. The van der Waals surface area contributed by atoms with Crippen LogP contribution in [0.5, 0.6) is 0 Å². The topological polar surface area (TPSA) is 80.5 Å². The third-order valence-corrected chi connectivity index (χ3v) is 6.63. The minimum atomic E-state index is -3.47. The summed E-state index contributed by atoms with van der Waals surface area (Å²) in [6.45, 7) is 4.84. The highest BCUT2D eigenvalue weighted by atomic mass is 32.2. The molecule has 0 unspecified atom stereocenters. The summed E-state index contributed by atoms with van der Waals surface area (Å²) in [6.07, 6.45) is 1.84. The fraction of sp³-hybridized carbons (Fsp3) is 0.353. The van der Waals surface area contributed by atoms with Crippen LogP contribution in [0.3, 0.4) is 0 Å². The number of sulfonamides is 1. The first-order chi connectivity index (χ1) is 12.0. The fourth-order valence-corrected chi connectivity index (χ4v) is 4.92. The average Bonchev–Trinajstić information content (AvgIpc) is 3.26. The van der Waals surface area contributed by atoms with Crippen LogP contribution < -0.4 is 0 Å². The Morgan fingerprint density at radius 1 is 1.00 bits per heavy atom. The van der Waals surface area contributed by atoms with E-state index in [1.165, 1.54) is 0 Å². The van der Waals surface area contributed by atoms with Crippen LogP contribution in [-0.4, -0.2) is 45.6 Å². The molecule has 0 spiro atoms. The van der Waals surface area contributed by atoms with Gasteiger partial charge >= 0.3 is 0 Å². The molecule has 0 saturated carbocycles. The van der Waals surface area contributed by atoms with Crippen LogP contribution in [0.2, 0.25) is 0 Å². The fourth-order valence-electron chi connectivity index (χ4n) is 3.15. The van der Waals surface area contributed by atoms with Crippen molar-refractivity contribution in [2.24, 2.45) is 0 Å². The first-order valence-corrected chi connectivity index (χ1v) is 9.71. The van der Waals surface area contributed by atoms with Crippen molar-refractivity contribution >= 4 is 15.7 Å². The lowest BCUT2D eigenvalue weighted by Crippen LogP contribution is -2.28. The Morgan fingerprint density at radius 2 is 1.76 bits per heavy atom. The van der Waals surface area contributed by atoms with E-state index in [4.69, 9.17) is 0 Å². The Hall–Kier alpha value is -2.32. The smallest absolute Gasteiger partial charge is 0.207 e. The Balaban J connectivity index is 1.82. The van der Waals surface area contributed by atoms with Crippen LogP contribution in [0.4, 0.5) is 0 Å². The molecule has 4 rings (SSSR count). The number of benzene rings is 1. The van der Waals surface area contributed by atoms with Gasteiger partial charge in [-0.1, -0.05) is 12.1 Å². The molecule has 1 aliphatic rings. The van der Waals surface area contributed by atoms with Crippen LogP contribution >= 0.6 is 0 Å². The van der Waals surface area contributed by atoms with Gasteiger partial charge in [-0.25, -0.2) is 8.42 Å². The highest BCUT2D eigenvalue weighted by Crippen LogP contribution is 2.28. The van der Waals surface area contributed by atoms with Crippen molar-refractivity contribution in [1.29, 1.82) is 0 Å². The van der Waals surface area contributed by atoms with Gasteiger partial charge in [-0.2, -0.15) is 13.9 Å². The summed E-state index contributed by atoms with van der Waals surface area (Å²) in [4.78, 5) is 0.356. The van der Waals surface area contributed by atoms with Gasteiger partial charge in [-0.05, 0) is 50.5 Å². The molecule has 8 heteroatoms. The number of rotatable bonds is 3. The molecule has 3 heterocycles. The maximum Gasteiger partial charge on any atom is 0.243 e. The van der Waals surface area contributed by atoms with Crippen LogP contribution in [-0.2, 0) is 10.0 Å². The van der Waals surface area contributed by atoms with Gasteiger partial charge < -0.3 is 0 Å². The van der Waals surface area contributed by atoms with E-state index in [2.05, 4.69) is 15.3 Å². The number of hydrogen-bond acceptors (Lipinski definition) is 5. The van der Waals surface area contributed by atoms with Gasteiger partial charge in [0.15, 0.2) is 11.5 Å². The van der Waals surface area contributed by atoms with E-state index in [0.29, 0.717) is 35.2 Å². The first kappa shape index (κ1) is 16.2. The highest BCUT2D eigenvalue weighted by Gasteiger charge is 2.28. The molecule has 3 aromatic rings. The van der Waals surface area contributed by atoms with Gasteiger partial charge in [0, 0.05) is 18.7 Å². The molecule has 0 bridgehead atoms. The van der Waals surface area contributed by atoms with Crippen molar-refractivity contribution in [2.75, 3.05) is 13.1 Å². The Kier molecular flexibility index (Phi) is 3.81. The van der Waals surface area contributed by atoms with Crippen molar-refractivity contribution in [3.63, 3.8) is 0 Å². The molecule has 1 fully saturated rings. The standard InChI is InChI=1S/C17H19N5O2S/c1-12-5-6-14(11-16(12)25(23,24)21-9-3-4-10-21)15-7-8-17-19-18-13(2)22(17)20-15/h5-8,11H,3-4,9-10H2,1-2H3. The molecule has 130 valence electrons. The van der Waals surface area contributed by atoms with E-state index in [1.54, 1.807) is 14.9 Å². The molecule has 0 N–H and O–H groups in total. The van der Waals surface area contributed by atoms with E-state index in [0.717, 1.165) is 24.0 Å². The minimum absolute atomic E-state index is 0.356. The molecular weight excluding hydrogens is 338 g/mol. The normalized spacial score (nSPS) is 15.9. The van der Waals surface area contributed by atoms with Crippen molar-refractivity contribution in [3.8, 4) is 11.3 Å². The predicted octanol–water partition coefficient (Wildman–Crippen LogP) is 2.19. The lowest BCUT2D eigenvalue weighted by atomic mass is 10.1. The summed E-state index contributed by atoms with van der Waals surface area (Å²) in [6, 6.07) is 9.11. The second-order valence-corrected chi connectivity index (χ2v) is 8.23. The van der Waals surface area contributed by atoms with Crippen LogP contribution in [0.25, 0.3) is 16.9 Å². The van der Waals surface area contributed by atoms with E-state index in [9.17, 15) is 8.42 Å². The maximum atomic E-state index is 12.9.